The summed E-state index contributed by atoms with van der Waals surface area (Å²) < 4.78 is 2.92. The van der Waals surface area contributed by atoms with Crippen LogP contribution in [0.25, 0.3) is 21.8 Å². The van der Waals surface area contributed by atoms with E-state index in [9.17, 15) is 0 Å². The third-order valence-electron chi connectivity index (χ3n) is 2.67. The van der Waals surface area contributed by atoms with Gasteiger partial charge in [0.15, 0.2) is 4.60 Å². The molecule has 3 aromatic rings. The maximum Gasteiger partial charge on any atom is 0.153 e. The van der Waals surface area contributed by atoms with Crippen LogP contribution in [0.2, 0.25) is 0 Å². The van der Waals surface area contributed by atoms with Crippen molar-refractivity contribution in [2.45, 2.75) is 0 Å². The molecular weight excluding hydrogens is 254 g/mol. The Morgan fingerprint density at radius 3 is 2.87 bits per heavy atom. The number of para-hydroxylation sites is 1. The monoisotopic (exact) mass is 261 g/mol. The summed E-state index contributed by atoms with van der Waals surface area (Å²) in [5, 5.41) is 10.3. The van der Waals surface area contributed by atoms with E-state index in [-0.39, 0.29) is 0 Å². The van der Waals surface area contributed by atoms with Crippen molar-refractivity contribution < 1.29 is 0 Å². The molecule has 0 N–H and O–H groups in total. The highest BCUT2D eigenvalue weighted by Gasteiger charge is 2.10. The van der Waals surface area contributed by atoms with Crippen LogP contribution in [0.5, 0.6) is 0 Å². The number of hydrogen-bond donors (Lipinski definition) is 0. The summed E-state index contributed by atoms with van der Waals surface area (Å²) in [5.41, 5.74) is 2.29. The molecule has 0 spiro atoms. The van der Waals surface area contributed by atoms with Gasteiger partial charge in [-0.2, -0.15) is 5.10 Å². The van der Waals surface area contributed by atoms with Crippen LogP contribution in [0.1, 0.15) is 0 Å². The Bertz CT molecular complexity index is 657. The summed E-state index contributed by atoms with van der Waals surface area (Å²) in [6.45, 7) is 0. The van der Waals surface area contributed by atoms with Gasteiger partial charge in [0, 0.05) is 23.3 Å². The van der Waals surface area contributed by atoms with Crippen molar-refractivity contribution in [3.05, 3.63) is 35.1 Å². The lowest BCUT2D eigenvalue weighted by molar-refractivity contribution is 0.969. The third kappa shape index (κ3) is 1.11. The molecule has 4 heteroatoms. The van der Waals surface area contributed by atoms with Crippen molar-refractivity contribution in [1.82, 2.24) is 14.8 Å². The first-order valence-corrected chi connectivity index (χ1v) is 5.42. The molecule has 1 aromatic carbocycles. The van der Waals surface area contributed by atoms with Gasteiger partial charge in [0.25, 0.3) is 0 Å². The van der Waals surface area contributed by atoms with Crippen molar-refractivity contribution in [3.63, 3.8) is 0 Å². The molecule has 0 saturated carbocycles. The molecule has 0 aliphatic carbocycles. The van der Waals surface area contributed by atoms with Crippen molar-refractivity contribution in [2.24, 2.45) is 7.05 Å². The summed E-state index contributed by atoms with van der Waals surface area (Å²) in [6, 6.07) is 8.28. The van der Waals surface area contributed by atoms with Crippen molar-refractivity contribution >= 4 is 37.7 Å². The Kier molecular flexibility index (Phi) is 1.79. The van der Waals surface area contributed by atoms with Crippen LogP contribution in [0.15, 0.2) is 35.1 Å². The first-order valence-electron chi connectivity index (χ1n) is 4.63. The van der Waals surface area contributed by atoms with E-state index < -0.39 is 0 Å². The molecule has 3 rings (SSSR count). The Labute approximate surface area is 94.9 Å². The van der Waals surface area contributed by atoms with Crippen LogP contribution < -0.4 is 0 Å². The summed E-state index contributed by atoms with van der Waals surface area (Å²) in [7, 11) is 2.04. The van der Waals surface area contributed by atoms with Gasteiger partial charge >= 0.3 is 0 Å². The van der Waals surface area contributed by atoms with Crippen LogP contribution in [0.4, 0.5) is 0 Å². The minimum Gasteiger partial charge on any atom is -0.341 e. The molecule has 0 amide bonds. The number of aryl methyl sites for hydroxylation is 1. The fraction of sp³-hybridized carbons (Fsp3) is 0.0909. The van der Waals surface area contributed by atoms with E-state index in [4.69, 9.17) is 0 Å². The molecule has 0 unspecified atom stereocenters. The molecular formula is C11H8BrN3. The summed E-state index contributed by atoms with van der Waals surface area (Å²) in [5.74, 6) is 0. The number of nitrogens with zero attached hydrogens (tertiary/aromatic N) is 3. The zero-order chi connectivity index (χ0) is 10.4. The van der Waals surface area contributed by atoms with E-state index in [1.807, 2.05) is 25.4 Å². The topological polar surface area (TPSA) is 30.7 Å². The van der Waals surface area contributed by atoms with Gasteiger partial charge in [-0.05, 0) is 22.0 Å². The number of halogens is 1. The van der Waals surface area contributed by atoms with Crippen LogP contribution in [-0.2, 0) is 7.05 Å². The van der Waals surface area contributed by atoms with Gasteiger partial charge in [-0.15, -0.1) is 5.10 Å². The van der Waals surface area contributed by atoms with Crippen LogP contribution in [0, 0.1) is 0 Å². The molecule has 0 aliphatic heterocycles. The van der Waals surface area contributed by atoms with Gasteiger partial charge in [-0.1, -0.05) is 18.2 Å². The average Bonchev–Trinajstić information content (AvgIpc) is 2.55. The van der Waals surface area contributed by atoms with E-state index >= 15 is 0 Å². The maximum atomic E-state index is 4.01. The lowest BCUT2D eigenvalue weighted by Gasteiger charge is -1.97. The highest BCUT2D eigenvalue weighted by molar-refractivity contribution is 9.10. The first kappa shape index (κ1) is 8.85. The van der Waals surface area contributed by atoms with E-state index in [1.54, 1.807) is 0 Å². The number of benzene rings is 1. The molecule has 2 heterocycles. The van der Waals surface area contributed by atoms with Crippen LogP contribution in [-0.4, -0.2) is 14.8 Å². The highest BCUT2D eigenvalue weighted by Crippen LogP contribution is 2.30. The van der Waals surface area contributed by atoms with E-state index in [2.05, 4.69) is 42.8 Å². The van der Waals surface area contributed by atoms with E-state index in [0.29, 0.717) is 0 Å². The molecule has 0 radical (unpaired) electrons. The average molecular weight is 262 g/mol. The first-order chi connectivity index (χ1) is 7.29. The number of fused-ring (bicyclic) bond motifs is 3. The third-order valence-corrected chi connectivity index (χ3v) is 3.21. The lowest BCUT2D eigenvalue weighted by Crippen LogP contribution is -1.90. The van der Waals surface area contributed by atoms with E-state index in [1.165, 1.54) is 10.9 Å². The molecule has 15 heavy (non-hydrogen) atoms. The van der Waals surface area contributed by atoms with Gasteiger partial charge in [0.1, 0.15) is 0 Å². The molecule has 74 valence electrons. The fourth-order valence-electron chi connectivity index (χ4n) is 1.99. The number of hydrogen-bond acceptors (Lipinski definition) is 2. The molecule has 0 fully saturated rings. The minimum atomic E-state index is 0.790. The standard InChI is InChI=1S/C11H8BrN3/c1-15-9-5-3-2-4-7(9)8-6-13-14-11(12)10(8)15/h2-6H,1H3. The summed E-state index contributed by atoms with van der Waals surface area (Å²) in [6.07, 6.45) is 1.81. The maximum absolute atomic E-state index is 4.01. The van der Waals surface area contributed by atoms with Gasteiger partial charge in [-0.25, -0.2) is 0 Å². The molecule has 0 bridgehead atoms. The molecule has 0 saturated heterocycles. The summed E-state index contributed by atoms with van der Waals surface area (Å²) in [4.78, 5) is 0. The second-order valence-corrected chi connectivity index (χ2v) is 4.22. The Morgan fingerprint density at radius 2 is 2.00 bits per heavy atom. The zero-order valence-electron chi connectivity index (χ0n) is 8.11. The van der Waals surface area contributed by atoms with Gasteiger partial charge in [0.05, 0.1) is 11.7 Å². The molecule has 3 nitrogen and oxygen atoms in total. The molecule has 0 atom stereocenters. The van der Waals surface area contributed by atoms with Gasteiger partial charge < -0.3 is 4.57 Å². The van der Waals surface area contributed by atoms with Crippen LogP contribution in [0.3, 0.4) is 0 Å². The Hall–Kier alpha value is -1.42. The second-order valence-electron chi connectivity index (χ2n) is 3.47. The molecule has 2 aromatic heterocycles. The normalized spacial score (nSPS) is 11.3. The van der Waals surface area contributed by atoms with Crippen LogP contribution >= 0.6 is 15.9 Å². The fourth-order valence-corrected chi connectivity index (χ4v) is 2.56. The van der Waals surface area contributed by atoms with Gasteiger partial charge in [0.2, 0.25) is 0 Å². The highest BCUT2D eigenvalue weighted by atomic mass is 79.9. The Balaban J connectivity index is 2.69. The number of rotatable bonds is 0. The van der Waals surface area contributed by atoms with Gasteiger partial charge in [-0.3, -0.25) is 0 Å². The van der Waals surface area contributed by atoms with E-state index in [0.717, 1.165) is 15.5 Å². The molecule has 0 aliphatic rings. The quantitative estimate of drug-likeness (QED) is 0.623. The largest absolute Gasteiger partial charge is 0.341 e. The predicted octanol–water partition coefficient (Wildman–Crippen LogP) is 2.88. The Morgan fingerprint density at radius 1 is 1.20 bits per heavy atom. The SMILES string of the molecule is Cn1c2ccccc2c2cnnc(Br)c21. The minimum absolute atomic E-state index is 0.790. The smallest absolute Gasteiger partial charge is 0.153 e. The zero-order valence-corrected chi connectivity index (χ0v) is 9.69. The second kappa shape index (κ2) is 3.03. The predicted molar refractivity (Wildman–Crippen MR) is 63.7 cm³/mol. The lowest BCUT2D eigenvalue weighted by atomic mass is 10.2. The van der Waals surface area contributed by atoms with Crippen molar-refractivity contribution in [2.75, 3.05) is 0 Å². The number of aromatic nitrogens is 3. The summed E-state index contributed by atoms with van der Waals surface area (Å²) >= 11 is 3.43. The van der Waals surface area contributed by atoms with Crippen molar-refractivity contribution in [3.8, 4) is 0 Å². The van der Waals surface area contributed by atoms with Crippen molar-refractivity contribution in [1.29, 1.82) is 0 Å².